The predicted octanol–water partition coefficient (Wildman–Crippen LogP) is 3.24. The molecule has 0 unspecified atom stereocenters. The van der Waals surface area contributed by atoms with Gasteiger partial charge in [0, 0.05) is 42.8 Å². The number of para-hydroxylation sites is 1. The molecule has 10 nitrogen and oxygen atoms in total. The standard InChI is InChI=1S/C23H30N6O4/c1-23(8-9-23)26-22(31)33-17-11-19(32-14-17)18-12-20(28-27-18)25-21(30)29-10-7-16(13-29)24-15-5-3-2-4-6-15/h2-6,12,16-17,19,24H,7-11,13-14H2,1H3,(H,26,31)(H2,25,27,28,30)/t16-,17+,19+/m1/s1. The van der Waals surface area contributed by atoms with E-state index in [1.807, 2.05) is 37.3 Å². The van der Waals surface area contributed by atoms with Crippen molar-refractivity contribution in [3.05, 3.63) is 42.1 Å². The van der Waals surface area contributed by atoms with Crippen molar-refractivity contribution in [1.82, 2.24) is 20.4 Å². The number of likely N-dealkylation sites (tertiary alicyclic amines) is 1. The average Bonchev–Trinajstić information content (AvgIpc) is 3.22. The first kappa shape index (κ1) is 21.6. The van der Waals surface area contributed by atoms with Gasteiger partial charge in [0.15, 0.2) is 5.82 Å². The molecule has 176 valence electrons. The summed E-state index contributed by atoms with van der Waals surface area (Å²) in [6.07, 6.45) is 2.43. The summed E-state index contributed by atoms with van der Waals surface area (Å²) in [4.78, 5) is 26.5. The minimum absolute atomic E-state index is 0.112. The summed E-state index contributed by atoms with van der Waals surface area (Å²) < 4.78 is 11.3. The number of alkyl carbamates (subject to hydrolysis) is 1. The Labute approximate surface area is 192 Å². The second-order valence-corrected chi connectivity index (χ2v) is 9.35. The highest BCUT2D eigenvalue weighted by Crippen LogP contribution is 2.35. The second-order valence-electron chi connectivity index (χ2n) is 9.35. The number of aromatic nitrogens is 2. The summed E-state index contributed by atoms with van der Waals surface area (Å²) in [7, 11) is 0. The Morgan fingerprint density at radius 2 is 2.09 bits per heavy atom. The Bertz CT molecular complexity index is 992. The molecule has 5 rings (SSSR count). The molecule has 0 radical (unpaired) electrons. The fourth-order valence-corrected chi connectivity index (χ4v) is 4.22. The highest BCUT2D eigenvalue weighted by atomic mass is 16.6. The zero-order valence-electron chi connectivity index (χ0n) is 18.7. The van der Waals surface area contributed by atoms with Crippen LogP contribution in [0, 0.1) is 0 Å². The van der Waals surface area contributed by atoms with E-state index in [2.05, 4.69) is 26.1 Å². The highest BCUT2D eigenvalue weighted by molar-refractivity contribution is 5.88. The summed E-state index contributed by atoms with van der Waals surface area (Å²) in [6, 6.07) is 11.8. The molecule has 4 N–H and O–H groups in total. The number of rotatable bonds is 6. The van der Waals surface area contributed by atoms with Gasteiger partial charge in [-0.1, -0.05) is 18.2 Å². The number of ether oxygens (including phenoxy) is 2. The highest BCUT2D eigenvalue weighted by Gasteiger charge is 2.40. The average molecular weight is 455 g/mol. The van der Waals surface area contributed by atoms with Gasteiger partial charge in [0.05, 0.1) is 12.3 Å². The van der Waals surface area contributed by atoms with E-state index >= 15 is 0 Å². The largest absolute Gasteiger partial charge is 0.444 e. The van der Waals surface area contributed by atoms with Gasteiger partial charge in [0.2, 0.25) is 0 Å². The summed E-state index contributed by atoms with van der Waals surface area (Å²) in [6.45, 7) is 3.65. The molecule has 3 amide bonds. The number of anilines is 2. The van der Waals surface area contributed by atoms with Crippen LogP contribution in [0.5, 0.6) is 0 Å². The van der Waals surface area contributed by atoms with Crippen molar-refractivity contribution in [2.24, 2.45) is 0 Å². The number of hydrogen-bond acceptors (Lipinski definition) is 6. The van der Waals surface area contributed by atoms with Crippen LogP contribution in [0.1, 0.15) is 44.4 Å². The smallest absolute Gasteiger partial charge is 0.407 e. The predicted molar refractivity (Wildman–Crippen MR) is 122 cm³/mol. The first-order valence-electron chi connectivity index (χ1n) is 11.5. The maximum atomic E-state index is 12.7. The van der Waals surface area contributed by atoms with E-state index in [0.29, 0.717) is 31.9 Å². The molecule has 1 aliphatic carbocycles. The maximum Gasteiger partial charge on any atom is 0.407 e. The Morgan fingerprint density at radius 3 is 2.88 bits per heavy atom. The lowest BCUT2D eigenvalue weighted by Crippen LogP contribution is -2.37. The Hall–Kier alpha value is -3.27. The number of H-pyrrole nitrogens is 1. The molecule has 2 aliphatic heterocycles. The molecule has 3 fully saturated rings. The van der Waals surface area contributed by atoms with E-state index in [4.69, 9.17) is 9.47 Å². The number of urea groups is 1. The lowest BCUT2D eigenvalue weighted by molar-refractivity contribution is 0.0675. The SMILES string of the molecule is CC1(NC(=O)O[C@@H]2CO[C@H](c3cc(NC(=O)N4CC[C@@H](Nc5ccccc5)C4)n[nH]3)C2)CC1. The second kappa shape index (κ2) is 8.93. The summed E-state index contributed by atoms with van der Waals surface area (Å²) >= 11 is 0. The Kier molecular flexibility index (Phi) is 5.84. The third kappa shape index (κ3) is 5.39. The summed E-state index contributed by atoms with van der Waals surface area (Å²) in [5.74, 6) is 0.446. The van der Waals surface area contributed by atoms with E-state index in [9.17, 15) is 9.59 Å². The third-order valence-corrected chi connectivity index (χ3v) is 6.44. The summed E-state index contributed by atoms with van der Waals surface area (Å²) in [5.41, 5.74) is 1.69. The number of nitrogens with one attached hydrogen (secondary N) is 4. The van der Waals surface area contributed by atoms with Crippen LogP contribution in [0.2, 0.25) is 0 Å². The quantitative estimate of drug-likeness (QED) is 0.532. The molecule has 1 aromatic heterocycles. The summed E-state index contributed by atoms with van der Waals surface area (Å²) in [5, 5.41) is 16.3. The van der Waals surface area contributed by atoms with Gasteiger partial charge >= 0.3 is 12.1 Å². The van der Waals surface area contributed by atoms with Gasteiger partial charge in [-0.3, -0.25) is 10.4 Å². The van der Waals surface area contributed by atoms with Gasteiger partial charge in [-0.2, -0.15) is 5.10 Å². The molecule has 1 aromatic carbocycles. The van der Waals surface area contributed by atoms with Crippen LogP contribution in [0.4, 0.5) is 21.1 Å². The Balaban J connectivity index is 1.08. The van der Waals surface area contributed by atoms with E-state index in [1.165, 1.54) is 0 Å². The van der Waals surface area contributed by atoms with Crippen LogP contribution < -0.4 is 16.0 Å². The first-order chi connectivity index (χ1) is 16.0. The van der Waals surface area contributed by atoms with Crippen molar-refractivity contribution in [3.8, 4) is 0 Å². The van der Waals surface area contributed by atoms with Crippen LogP contribution in [0.25, 0.3) is 0 Å². The fourth-order valence-electron chi connectivity index (χ4n) is 4.22. The van der Waals surface area contributed by atoms with Crippen LogP contribution in [0.15, 0.2) is 36.4 Å². The molecule has 33 heavy (non-hydrogen) atoms. The third-order valence-electron chi connectivity index (χ3n) is 6.44. The van der Waals surface area contributed by atoms with Gasteiger partial charge in [-0.15, -0.1) is 0 Å². The van der Waals surface area contributed by atoms with Gasteiger partial charge in [0.25, 0.3) is 0 Å². The number of hydrogen-bond donors (Lipinski definition) is 4. The van der Waals surface area contributed by atoms with Crippen molar-refractivity contribution in [2.75, 3.05) is 30.3 Å². The normalized spacial score (nSPS) is 25.5. The monoisotopic (exact) mass is 454 g/mol. The molecule has 3 heterocycles. The lowest BCUT2D eigenvalue weighted by Gasteiger charge is -2.17. The molecule has 0 bridgehead atoms. The van der Waals surface area contributed by atoms with E-state index in [-0.39, 0.29) is 29.8 Å². The number of nitrogens with zero attached hydrogens (tertiary/aromatic N) is 2. The fraction of sp³-hybridized carbons (Fsp3) is 0.522. The van der Waals surface area contributed by atoms with Crippen molar-refractivity contribution >= 4 is 23.6 Å². The molecule has 0 spiro atoms. The van der Waals surface area contributed by atoms with Crippen molar-refractivity contribution in [2.45, 2.75) is 56.4 Å². The molecular weight excluding hydrogens is 424 g/mol. The zero-order valence-corrected chi connectivity index (χ0v) is 18.7. The molecular formula is C23H30N6O4. The zero-order chi connectivity index (χ0) is 22.8. The number of carbonyl (C=O) groups is 2. The van der Waals surface area contributed by atoms with Crippen LogP contribution >= 0.6 is 0 Å². The first-order valence-corrected chi connectivity index (χ1v) is 11.5. The maximum absolute atomic E-state index is 12.7. The van der Waals surface area contributed by atoms with E-state index < -0.39 is 6.09 Å². The van der Waals surface area contributed by atoms with Crippen LogP contribution in [-0.2, 0) is 9.47 Å². The number of amides is 3. The van der Waals surface area contributed by atoms with Gasteiger partial charge in [0.1, 0.15) is 12.2 Å². The van der Waals surface area contributed by atoms with Crippen LogP contribution in [0.3, 0.4) is 0 Å². The van der Waals surface area contributed by atoms with Crippen LogP contribution in [-0.4, -0.2) is 64.6 Å². The minimum atomic E-state index is -0.396. The Morgan fingerprint density at radius 1 is 1.27 bits per heavy atom. The van der Waals surface area contributed by atoms with E-state index in [1.54, 1.807) is 11.0 Å². The number of carbonyl (C=O) groups excluding carboxylic acids is 2. The molecule has 2 saturated heterocycles. The molecule has 3 atom stereocenters. The van der Waals surface area contributed by atoms with Crippen molar-refractivity contribution in [1.29, 1.82) is 0 Å². The topological polar surface area (TPSA) is 121 Å². The molecule has 2 aromatic rings. The van der Waals surface area contributed by atoms with Gasteiger partial charge in [-0.25, -0.2) is 9.59 Å². The minimum Gasteiger partial charge on any atom is -0.444 e. The van der Waals surface area contributed by atoms with Crippen molar-refractivity contribution in [3.63, 3.8) is 0 Å². The van der Waals surface area contributed by atoms with Gasteiger partial charge in [-0.05, 0) is 38.3 Å². The van der Waals surface area contributed by atoms with Crippen molar-refractivity contribution < 1.29 is 19.1 Å². The van der Waals surface area contributed by atoms with Gasteiger partial charge < -0.3 is 25.0 Å². The number of benzene rings is 1. The lowest BCUT2D eigenvalue weighted by atomic mass is 10.1. The molecule has 3 aliphatic rings. The molecule has 10 heteroatoms. The van der Waals surface area contributed by atoms with E-state index in [0.717, 1.165) is 30.6 Å². The number of aromatic amines is 1. The molecule has 1 saturated carbocycles.